The van der Waals surface area contributed by atoms with Gasteiger partial charge in [0.1, 0.15) is 11.9 Å². The first kappa shape index (κ1) is 20.0. The van der Waals surface area contributed by atoms with Crippen LogP contribution in [0.2, 0.25) is 0 Å². The molecule has 148 valence electrons. The summed E-state index contributed by atoms with van der Waals surface area (Å²) in [6, 6.07) is 8.47. The average Bonchev–Trinajstić information content (AvgIpc) is 3.39. The quantitative estimate of drug-likeness (QED) is 0.697. The van der Waals surface area contributed by atoms with Crippen molar-refractivity contribution >= 4 is 29.1 Å². The number of nitrogens with one attached hydrogen (secondary N) is 2. The highest BCUT2D eigenvalue weighted by molar-refractivity contribution is 7.12. The van der Waals surface area contributed by atoms with Crippen LogP contribution in [-0.2, 0) is 4.79 Å². The molecule has 0 aliphatic carbocycles. The molecule has 1 aromatic carbocycles. The molecular weight excluding hydrogens is 381 g/mol. The molecule has 3 rings (SSSR count). The van der Waals surface area contributed by atoms with Gasteiger partial charge in [0, 0.05) is 25.2 Å². The fourth-order valence-electron chi connectivity index (χ4n) is 3.15. The zero-order valence-corrected chi connectivity index (χ0v) is 16.1. The van der Waals surface area contributed by atoms with Gasteiger partial charge in [0.2, 0.25) is 5.91 Å². The van der Waals surface area contributed by atoms with Crippen molar-refractivity contribution in [2.45, 2.75) is 25.3 Å². The second-order valence-electron chi connectivity index (χ2n) is 6.54. The number of hydrogen-bond donors (Lipinski definition) is 2. The molecule has 0 radical (unpaired) electrons. The van der Waals surface area contributed by atoms with E-state index in [0.29, 0.717) is 42.9 Å². The molecule has 0 spiro atoms. The second kappa shape index (κ2) is 9.45. The van der Waals surface area contributed by atoms with Gasteiger partial charge in [0.05, 0.1) is 4.88 Å². The van der Waals surface area contributed by atoms with E-state index < -0.39 is 11.9 Å². The summed E-state index contributed by atoms with van der Waals surface area (Å²) in [6.45, 7) is 1.38. The number of hydrogen-bond acceptors (Lipinski definition) is 4. The highest BCUT2D eigenvalue weighted by Crippen LogP contribution is 2.22. The molecule has 1 aliphatic heterocycles. The van der Waals surface area contributed by atoms with E-state index in [1.165, 1.54) is 35.6 Å². The highest BCUT2D eigenvalue weighted by atomic mass is 32.1. The van der Waals surface area contributed by atoms with E-state index in [9.17, 15) is 18.8 Å². The Morgan fingerprint density at radius 3 is 2.57 bits per heavy atom. The van der Waals surface area contributed by atoms with E-state index in [4.69, 9.17) is 0 Å². The molecule has 28 heavy (non-hydrogen) atoms. The van der Waals surface area contributed by atoms with Crippen LogP contribution in [0.3, 0.4) is 0 Å². The largest absolute Gasteiger partial charge is 0.354 e. The third-order valence-electron chi connectivity index (χ3n) is 4.59. The van der Waals surface area contributed by atoms with Gasteiger partial charge < -0.3 is 15.5 Å². The Morgan fingerprint density at radius 2 is 1.86 bits per heavy atom. The Morgan fingerprint density at radius 1 is 1.11 bits per heavy atom. The van der Waals surface area contributed by atoms with Gasteiger partial charge in [-0.3, -0.25) is 14.4 Å². The summed E-state index contributed by atoms with van der Waals surface area (Å²) in [5, 5.41) is 7.42. The molecule has 2 N–H and O–H groups in total. The predicted molar refractivity (Wildman–Crippen MR) is 105 cm³/mol. The first-order chi connectivity index (χ1) is 13.6. The maximum absolute atomic E-state index is 12.9. The van der Waals surface area contributed by atoms with E-state index in [1.54, 1.807) is 11.0 Å². The molecule has 2 heterocycles. The van der Waals surface area contributed by atoms with Crippen LogP contribution in [0.5, 0.6) is 0 Å². The standard InChI is InChI=1S/C20H22FN3O3S/c21-15-8-6-14(7-9-15)18(25)22-10-3-11-23-19(26)16-4-1-12-24(16)20(27)17-5-2-13-28-17/h2,5-9,13,16H,1,3-4,10-12H2,(H,22,25)(H,23,26)/t16-/m1/s1. The van der Waals surface area contributed by atoms with Crippen LogP contribution >= 0.6 is 11.3 Å². The van der Waals surface area contributed by atoms with Crippen LogP contribution in [-0.4, -0.2) is 48.3 Å². The molecule has 0 unspecified atom stereocenters. The fourth-order valence-corrected chi connectivity index (χ4v) is 3.83. The Kier molecular flexibility index (Phi) is 6.76. The van der Waals surface area contributed by atoms with Gasteiger partial charge in [0.25, 0.3) is 11.8 Å². The number of thiophene rings is 1. The Labute approximate surface area is 166 Å². The number of carbonyl (C=O) groups excluding carboxylic acids is 3. The van der Waals surface area contributed by atoms with E-state index in [2.05, 4.69) is 10.6 Å². The maximum atomic E-state index is 12.9. The SMILES string of the molecule is O=C(NCCCNC(=O)[C@H]1CCCN1C(=O)c1cccs1)c1ccc(F)cc1. The molecule has 0 bridgehead atoms. The van der Waals surface area contributed by atoms with Crippen molar-refractivity contribution in [2.24, 2.45) is 0 Å². The second-order valence-corrected chi connectivity index (χ2v) is 7.49. The monoisotopic (exact) mass is 403 g/mol. The van der Waals surface area contributed by atoms with Crippen LogP contribution in [0.25, 0.3) is 0 Å². The van der Waals surface area contributed by atoms with Crippen molar-refractivity contribution in [1.29, 1.82) is 0 Å². The molecule has 1 aliphatic rings. The van der Waals surface area contributed by atoms with E-state index in [0.717, 1.165) is 6.42 Å². The summed E-state index contributed by atoms with van der Waals surface area (Å²) in [4.78, 5) is 39.2. The van der Waals surface area contributed by atoms with Crippen molar-refractivity contribution in [3.8, 4) is 0 Å². The predicted octanol–water partition coefficient (Wildman–Crippen LogP) is 2.43. The highest BCUT2D eigenvalue weighted by Gasteiger charge is 2.34. The van der Waals surface area contributed by atoms with Crippen LogP contribution in [0.4, 0.5) is 4.39 Å². The van der Waals surface area contributed by atoms with Crippen LogP contribution in [0.1, 0.15) is 39.3 Å². The minimum atomic E-state index is -0.441. The minimum absolute atomic E-state index is 0.0980. The van der Waals surface area contributed by atoms with Gasteiger partial charge in [-0.1, -0.05) is 6.07 Å². The number of benzene rings is 1. The summed E-state index contributed by atoms with van der Waals surface area (Å²) in [7, 11) is 0. The lowest BCUT2D eigenvalue weighted by Crippen LogP contribution is -2.46. The smallest absolute Gasteiger partial charge is 0.264 e. The lowest BCUT2D eigenvalue weighted by atomic mass is 10.2. The Balaban J connectivity index is 1.39. The molecule has 0 saturated carbocycles. The van der Waals surface area contributed by atoms with Crippen LogP contribution < -0.4 is 10.6 Å². The van der Waals surface area contributed by atoms with Crippen molar-refractivity contribution in [3.63, 3.8) is 0 Å². The van der Waals surface area contributed by atoms with E-state index in [1.807, 2.05) is 11.4 Å². The van der Waals surface area contributed by atoms with Crippen LogP contribution in [0.15, 0.2) is 41.8 Å². The molecule has 2 aromatic rings. The molecule has 6 nitrogen and oxygen atoms in total. The van der Waals surface area contributed by atoms with Crippen LogP contribution in [0, 0.1) is 5.82 Å². The van der Waals surface area contributed by atoms with Gasteiger partial charge in [0.15, 0.2) is 0 Å². The normalized spacial score (nSPS) is 16.0. The van der Waals surface area contributed by atoms with E-state index >= 15 is 0 Å². The van der Waals surface area contributed by atoms with Crippen molar-refractivity contribution < 1.29 is 18.8 Å². The number of carbonyl (C=O) groups is 3. The van der Waals surface area contributed by atoms with Crippen molar-refractivity contribution in [3.05, 3.63) is 58.0 Å². The third-order valence-corrected chi connectivity index (χ3v) is 5.45. The Bertz CT molecular complexity index is 824. The van der Waals surface area contributed by atoms with E-state index in [-0.39, 0.29) is 17.7 Å². The zero-order chi connectivity index (χ0) is 19.9. The Hall–Kier alpha value is -2.74. The first-order valence-electron chi connectivity index (χ1n) is 9.22. The number of nitrogens with zero attached hydrogens (tertiary/aromatic N) is 1. The lowest BCUT2D eigenvalue weighted by Gasteiger charge is -2.23. The first-order valence-corrected chi connectivity index (χ1v) is 10.1. The minimum Gasteiger partial charge on any atom is -0.354 e. The topological polar surface area (TPSA) is 78.5 Å². The number of rotatable bonds is 7. The molecule has 8 heteroatoms. The molecule has 1 saturated heterocycles. The van der Waals surface area contributed by atoms with Gasteiger partial charge >= 0.3 is 0 Å². The molecule has 1 fully saturated rings. The zero-order valence-electron chi connectivity index (χ0n) is 15.3. The average molecular weight is 403 g/mol. The van der Waals surface area contributed by atoms with Gasteiger partial charge in [-0.25, -0.2) is 4.39 Å². The third kappa shape index (κ3) is 4.95. The number of amides is 3. The van der Waals surface area contributed by atoms with Crippen molar-refractivity contribution in [2.75, 3.05) is 19.6 Å². The maximum Gasteiger partial charge on any atom is 0.264 e. The molecule has 1 atom stereocenters. The molecular formula is C20H22FN3O3S. The number of likely N-dealkylation sites (tertiary alicyclic amines) is 1. The molecule has 1 aromatic heterocycles. The summed E-state index contributed by atoms with van der Waals surface area (Å²) < 4.78 is 12.9. The number of halogens is 1. The van der Waals surface area contributed by atoms with Gasteiger partial charge in [-0.2, -0.15) is 0 Å². The van der Waals surface area contributed by atoms with Gasteiger partial charge in [-0.15, -0.1) is 11.3 Å². The summed E-state index contributed by atoms with van der Waals surface area (Å²) in [5.41, 5.74) is 0.388. The lowest BCUT2D eigenvalue weighted by molar-refractivity contribution is -0.124. The summed E-state index contributed by atoms with van der Waals surface area (Å²) >= 11 is 1.37. The molecule has 3 amide bonds. The summed E-state index contributed by atoms with van der Waals surface area (Å²) in [6.07, 6.45) is 2.03. The summed E-state index contributed by atoms with van der Waals surface area (Å²) in [5.74, 6) is -0.931. The fraction of sp³-hybridized carbons (Fsp3) is 0.350. The van der Waals surface area contributed by atoms with Crippen molar-refractivity contribution in [1.82, 2.24) is 15.5 Å². The van der Waals surface area contributed by atoms with Gasteiger partial charge in [-0.05, 0) is 55.0 Å².